The number of nitrogens with one attached hydrogen (secondary N) is 1. The maximum absolute atomic E-state index is 13.6. The molecule has 8 nitrogen and oxygen atoms in total. The summed E-state index contributed by atoms with van der Waals surface area (Å²) in [5.74, 6) is -1.82. The number of halogens is 1. The summed E-state index contributed by atoms with van der Waals surface area (Å²) in [5.41, 5.74) is 11.3. The minimum atomic E-state index is -0.849. The molecule has 0 radical (unpaired) electrons. The Kier molecular flexibility index (Phi) is 9.13. The number of rotatable bonds is 11. The van der Waals surface area contributed by atoms with Gasteiger partial charge in [0.2, 0.25) is 5.91 Å². The van der Waals surface area contributed by atoms with E-state index in [9.17, 15) is 18.8 Å². The predicted octanol–water partition coefficient (Wildman–Crippen LogP) is 3.33. The van der Waals surface area contributed by atoms with Crippen molar-refractivity contribution in [3.63, 3.8) is 0 Å². The average molecular weight is 464 g/mol. The van der Waals surface area contributed by atoms with E-state index < -0.39 is 23.7 Å². The number of aromatic nitrogens is 1. The fraction of sp³-hybridized carbons (Fsp3) is 0.455. The lowest BCUT2D eigenvalue weighted by Crippen LogP contribution is -2.50. The second kappa shape index (κ2) is 11.6. The smallest absolute Gasteiger partial charge is 0.272 e. The van der Waals surface area contributed by atoms with Crippen LogP contribution < -0.4 is 21.7 Å². The molecule has 2 rings (SSSR count). The van der Waals surface area contributed by atoms with Gasteiger partial charge in [0.05, 0.1) is 5.69 Å². The van der Waals surface area contributed by atoms with Gasteiger partial charge in [0.25, 0.3) is 11.8 Å². The minimum Gasteiger partial charge on any atom is -0.395 e. The van der Waals surface area contributed by atoms with Crippen LogP contribution in [0.5, 0.6) is 0 Å². The summed E-state index contributed by atoms with van der Waals surface area (Å²) in [7, 11) is 0. The molecule has 0 fully saturated rings. The Morgan fingerprint density at radius 1 is 1.19 bits per heavy atom. The van der Waals surface area contributed by atoms with E-state index >= 15 is 0 Å². The van der Waals surface area contributed by atoms with Crippen molar-refractivity contribution in [1.82, 2.24) is 9.69 Å². The van der Waals surface area contributed by atoms with E-state index in [1.807, 2.05) is 6.92 Å². The normalized spacial score (nSPS) is 11.9. The van der Waals surface area contributed by atoms with E-state index in [2.05, 4.69) is 23.5 Å². The second-order valence-electron chi connectivity index (χ2n) is 7.92. The van der Waals surface area contributed by atoms with Crippen molar-refractivity contribution in [1.29, 1.82) is 0 Å². The standard InChI is InChI=1S/C22H30FN5O3S/c1-4-5-6-16(21(30)26-12-11-13(2)3)28(15-9-7-14(23)8-10-15)22(31)19-17(24)18(20(25)29)27-32-19/h7-10,13,16H,4-6,11-12,24H2,1-3H3,(H2,25,29)(H,26,30)/t16-/m1/s1. The molecule has 1 aromatic heterocycles. The maximum Gasteiger partial charge on any atom is 0.272 e. The number of carbonyl (C=O) groups excluding carboxylic acids is 3. The van der Waals surface area contributed by atoms with Crippen molar-refractivity contribution >= 4 is 40.6 Å². The molecule has 1 aromatic carbocycles. The van der Waals surface area contributed by atoms with Gasteiger partial charge in [-0.15, -0.1) is 0 Å². The zero-order valence-electron chi connectivity index (χ0n) is 18.6. The minimum absolute atomic E-state index is 0.000367. The van der Waals surface area contributed by atoms with Crippen molar-refractivity contribution in [2.75, 3.05) is 17.2 Å². The van der Waals surface area contributed by atoms with Crippen LogP contribution >= 0.6 is 11.5 Å². The quantitative estimate of drug-likeness (QED) is 0.470. The first kappa shape index (κ1) is 25.3. The first-order valence-electron chi connectivity index (χ1n) is 10.6. The molecule has 0 bridgehead atoms. The summed E-state index contributed by atoms with van der Waals surface area (Å²) in [6.45, 7) is 6.56. The SMILES string of the molecule is CCCC[C@H](C(=O)NCCC(C)C)N(C(=O)c1snc(C(N)=O)c1N)c1ccc(F)cc1. The second-order valence-corrected chi connectivity index (χ2v) is 8.69. The van der Waals surface area contributed by atoms with Crippen LogP contribution in [0.3, 0.4) is 0 Å². The van der Waals surface area contributed by atoms with Crippen LogP contribution in [-0.4, -0.2) is 34.7 Å². The fourth-order valence-electron chi connectivity index (χ4n) is 3.16. The van der Waals surface area contributed by atoms with E-state index in [1.54, 1.807) is 0 Å². The summed E-state index contributed by atoms with van der Waals surface area (Å²) in [5, 5.41) is 2.90. The number of unbranched alkanes of at least 4 members (excludes halogenated alkanes) is 1. The highest BCUT2D eigenvalue weighted by Crippen LogP contribution is 2.29. The highest BCUT2D eigenvalue weighted by Gasteiger charge is 2.34. The lowest BCUT2D eigenvalue weighted by atomic mass is 10.0. The summed E-state index contributed by atoms with van der Waals surface area (Å²) < 4.78 is 17.5. The summed E-state index contributed by atoms with van der Waals surface area (Å²) >= 11 is 0.741. The highest BCUT2D eigenvalue weighted by molar-refractivity contribution is 7.09. The van der Waals surface area contributed by atoms with Crippen molar-refractivity contribution in [3.05, 3.63) is 40.7 Å². The molecule has 0 aliphatic heterocycles. The van der Waals surface area contributed by atoms with Crippen molar-refractivity contribution in [2.24, 2.45) is 11.7 Å². The van der Waals surface area contributed by atoms with Crippen molar-refractivity contribution < 1.29 is 18.8 Å². The van der Waals surface area contributed by atoms with Crippen molar-refractivity contribution in [2.45, 2.75) is 52.5 Å². The molecule has 0 saturated heterocycles. The summed E-state index contributed by atoms with van der Waals surface area (Å²) in [6, 6.07) is 4.44. The number of anilines is 2. The first-order chi connectivity index (χ1) is 15.2. The molecule has 10 heteroatoms. The van der Waals surface area contributed by atoms with Crippen molar-refractivity contribution in [3.8, 4) is 0 Å². The molecule has 0 spiro atoms. The average Bonchev–Trinajstić information content (AvgIpc) is 3.13. The third-order valence-electron chi connectivity index (χ3n) is 4.95. The Bertz CT molecular complexity index is 946. The van der Waals surface area contributed by atoms with Crippen LogP contribution in [-0.2, 0) is 4.79 Å². The zero-order chi connectivity index (χ0) is 23.8. The Morgan fingerprint density at radius 3 is 2.38 bits per heavy atom. The molecule has 0 unspecified atom stereocenters. The first-order valence-corrected chi connectivity index (χ1v) is 11.4. The Balaban J connectivity index is 2.48. The monoisotopic (exact) mass is 463 g/mol. The van der Waals surface area contributed by atoms with Gasteiger partial charge in [0.15, 0.2) is 5.69 Å². The van der Waals surface area contributed by atoms with Gasteiger partial charge in [-0.2, -0.15) is 4.37 Å². The third-order valence-corrected chi connectivity index (χ3v) is 5.80. The fourth-order valence-corrected chi connectivity index (χ4v) is 3.90. The number of hydrogen-bond acceptors (Lipinski definition) is 6. The number of primary amides is 1. The van der Waals surface area contributed by atoms with E-state index in [1.165, 1.54) is 29.2 Å². The van der Waals surface area contributed by atoms with Crippen LogP contribution in [0.25, 0.3) is 0 Å². The molecule has 3 amide bonds. The molecule has 1 atom stereocenters. The van der Waals surface area contributed by atoms with Gasteiger partial charge in [-0.1, -0.05) is 33.6 Å². The van der Waals surface area contributed by atoms with Gasteiger partial charge < -0.3 is 16.8 Å². The Hall–Kier alpha value is -3.01. The van der Waals surface area contributed by atoms with Gasteiger partial charge >= 0.3 is 0 Å². The highest BCUT2D eigenvalue weighted by atomic mass is 32.1. The molecular formula is C22H30FN5O3S. The lowest BCUT2D eigenvalue weighted by Gasteiger charge is -2.31. The molecule has 0 saturated carbocycles. The van der Waals surface area contributed by atoms with Gasteiger partial charge in [-0.3, -0.25) is 19.3 Å². The number of nitrogens with zero attached hydrogens (tertiary/aromatic N) is 2. The van der Waals surface area contributed by atoms with E-state index in [0.29, 0.717) is 31.0 Å². The number of nitrogens with two attached hydrogens (primary N) is 2. The number of benzene rings is 1. The lowest BCUT2D eigenvalue weighted by molar-refractivity contribution is -0.122. The number of carbonyl (C=O) groups is 3. The molecule has 174 valence electrons. The molecule has 32 heavy (non-hydrogen) atoms. The predicted molar refractivity (Wildman–Crippen MR) is 124 cm³/mol. The van der Waals surface area contributed by atoms with Crippen LogP contribution in [0.15, 0.2) is 24.3 Å². The van der Waals surface area contributed by atoms with Crippen LogP contribution in [0, 0.1) is 11.7 Å². The molecule has 5 N–H and O–H groups in total. The van der Waals surface area contributed by atoms with Gasteiger partial charge in [-0.05, 0) is 54.6 Å². The molecule has 0 aliphatic carbocycles. The topological polar surface area (TPSA) is 131 Å². The number of hydrogen-bond donors (Lipinski definition) is 3. The zero-order valence-corrected chi connectivity index (χ0v) is 19.4. The Labute approximate surface area is 191 Å². The van der Waals surface area contributed by atoms with Gasteiger partial charge in [0, 0.05) is 12.2 Å². The van der Waals surface area contributed by atoms with Crippen LogP contribution in [0.1, 0.15) is 66.6 Å². The van der Waals surface area contributed by atoms with Gasteiger partial charge in [-0.25, -0.2) is 4.39 Å². The summed E-state index contributed by atoms with van der Waals surface area (Å²) in [6.07, 6.45) is 2.70. The van der Waals surface area contributed by atoms with E-state index in [0.717, 1.165) is 24.4 Å². The molecule has 0 aliphatic rings. The van der Waals surface area contributed by atoms with E-state index in [-0.39, 0.29) is 22.2 Å². The maximum atomic E-state index is 13.6. The van der Waals surface area contributed by atoms with Crippen LogP contribution in [0.2, 0.25) is 0 Å². The molecule has 1 heterocycles. The Morgan fingerprint density at radius 2 is 1.84 bits per heavy atom. The largest absolute Gasteiger partial charge is 0.395 e. The van der Waals surface area contributed by atoms with Crippen LogP contribution in [0.4, 0.5) is 15.8 Å². The third kappa shape index (κ3) is 6.25. The van der Waals surface area contributed by atoms with Gasteiger partial charge in [0.1, 0.15) is 16.7 Å². The summed E-state index contributed by atoms with van der Waals surface area (Å²) in [4.78, 5) is 39.6. The number of amides is 3. The number of nitrogen functional groups attached to an aromatic ring is 1. The molecule has 2 aromatic rings. The molecular weight excluding hydrogens is 433 g/mol. The van der Waals surface area contributed by atoms with E-state index in [4.69, 9.17) is 11.5 Å².